The maximum Gasteiger partial charge on any atom is 0.192 e. The van der Waals surface area contributed by atoms with Crippen LogP contribution in [0, 0.1) is 22.7 Å². The van der Waals surface area contributed by atoms with E-state index in [2.05, 4.69) is 73.3 Å². The Morgan fingerprint density at radius 2 is 1.58 bits per heavy atom. The fourth-order valence-electron chi connectivity index (χ4n) is 7.20. The molecule has 0 saturated heterocycles. The average Bonchev–Trinajstić information content (AvgIpc) is 2.94. The number of methoxy groups -OCH3 is 1. The van der Waals surface area contributed by atoms with Gasteiger partial charge >= 0.3 is 0 Å². The average molecular weight is 609 g/mol. The van der Waals surface area contributed by atoms with Gasteiger partial charge in [0.1, 0.15) is 11.5 Å². The summed E-state index contributed by atoms with van der Waals surface area (Å²) in [6.45, 7) is 24.8. The third kappa shape index (κ3) is 7.76. The molecular weight excluding hydrogens is 552 g/mol. The van der Waals surface area contributed by atoms with Gasteiger partial charge in [0.15, 0.2) is 21.9 Å². The lowest BCUT2D eigenvalue weighted by Crippen LogP contribution is -2.57. The zero-order valence-corrected chi connectivity index (χ0v) is 29.3. The molecule has 0 heterocycles. The first kappa shape index (κ1) is 33.8. The molecule has 0 amide bonds. The Bertz CT molecular complexity index is 1220. The van der Waals surface area contributed by atoms with E-state index >= 15 is 0 Å². The summed E-state index contributed by atoms with van der Waals surface area (Å²) in [5, 5.41) is 0.204. The highest BCUT2D eigenvalue weighted by Crippen LogP contribution is 2.61. The Kier molecular flexibility index (Phi) is 10.6. The summed E-state index contributed by atoms with van der Waals surface area (Å²) in [5.41, 5.74) is 3.82. The second-order valence-electron chi connectivity index (χ2n) is 15.3. The molecule has 0 aromatic heterocycles. The number of benzene rings is 2. The zero-order chi connectivity index (χ0) is 31.5. The van der Waals surface area contributed by atoms with E-state index in [9.17, 15) is 0 Å². The minimum absolute atomic E-state index is 0.0836. The Morgan fingerprint density at radius 3 is 2.21 bits per heavy atom. The molecule has 2 aliphatic carbocycles. The molecule has 5 nitrogen and oxygen atoms in total. The van der Waals surface area contributed by atoms with Crippen molar-refractivity contribution in [1.82, 2.24) is 0 Å². The molecule has 0 unspecified atom stereocenters. The molecule has 4 rings (SSSR count). The summed E-state index contributed by atoms with van der Waals surface area (Å²) in [6.07, 6.45) is 5.54. The van der Waals surface area contributed by atoms with Gasteiger partial charge < -0.3 is 23.4 Å². The second-order valence-corrected chi connectivity index (χ2v) is 20.0. The summed E-state index contributed by atoms with van der Waals surface area (Å²) < 4.78 is 30.5. The first-order valence-electron chi connectivity index (χ1n) is 16.0. The van der Waals surface area contributed by atoms with Crippen LogP contribution in [0.5, 0.6) is 11.5 Å². The van der Waals surface area contributed by atoms with Crippen molar-refractivity contribution >= 4 is 8.32 Å². The Balaban J connectivity index is 1.50. The lowest BCUT2D eigenvalue weighted by molar-refractivity contribution is -0.105. The molecule has 2 aromatic rings. The molecule has 0 bridgehead atoms. The lowest BCUT2D eigenvalue weighted by atomic mass is 9.48. The normalized spacial score (nSPS) is 25.7. The number of hydrogen-bond acceptors (Lipinski definition) is 5. The smallest absolute Gasteiger partial charge is 0.192 e. The fraction of sp³-hybridized carbons (Fsp3) is 0.622. The maximum absolute atomic E-state index is 7.11. The largest absolute Gasteiger partial charge is 0.467 e. The first-order valence-corrected chi connectivity index (χ1v) is 18.9. The standard InChI is InChI=1S/C37H56O5Si/c1-27-21-33-36(5,6)34(42-43(9,10)35(2,3)4)19-20-37(33,7)23-29(27)22-30-31(40-25-38-8)17-14-18-32(30)41-26-39-24-28-15-12-11-13-16-28/h11-18,29,33-34H,1,19-26H2,2-10H3/t29-,33+,34+,37-/m1/s1. The van der Waals surface area contributed by atoms with E-state index in [1.807, 2.05) is 36.4 Å². The third-order valence-corrected chi connectivity index (χ3v) is 15.3. The molecule has 43 heavy (non-hydrogen) atoms. The lowest BCUT2D eigenvalue weighted by Gasteiger charge is -2.60. The molecule has 2 aromatic carbocycles. The van der Waals surface area contributed by atoms with E-state index in [0.717, 1.165) is 48.3 Å². The Morgan fingerprint density at radius 1 is 0.930 bits per heavy atom. The van der Waals surface area contributed by atoms with Gasteiger partial charge in [0.05, 0.1) is 12.7 Å². The van der Waals surface area contributed by atoms with E-state index in [4.69, 9.17) is 23.4 Å². The van der Waals surface area contributed by atoms with Gasteiger partial charge in [0.2, 0.25) is 0 Å². The predicted molar refractivity (Wildman–Crippen MR) is 178 cm³/mol. The summed E-state index contributed by atoms with van der Waals surface area (Å²) in [6, 6.07) is 16.2. The van der Waals surface area contributed by atoms with Crippen LogP contribution in [0.25, 0.3) is 0 Å². The molecule has 0 N–H and O–H groups in total. The number of ether oxygens (including phenoxy) is 4. The van der Waals surface area contributed by atoms with Crippen molar-refractivity contribution in [2.75, 3.05) is 20.7 Å². The van der Waals surface area contributed by atoms with E-state index in [1.165, 1.54) is 12.0 Å². The minimum Gasteiger partial charge on any atom is -0.467 e. The zero-order valence-electron chi connectivity index (χ0n) is 28.3. The molecule has 2 fully saturated rings. The summed E-state index contributed by atoms with van der Waals surface area (Å²) >= 11 is 0. The molecule has 0 spiro atoms. The van der Waals surface area contributed by atoms with Crippen LogP contribution in [-0.2, 0) is 26.9 Å². The number of rotatable bonds is 12. The molecule has 238 valence electrons. The highest BCUT2D eigenvalue weighted by molar-refractivity contribution is 6.74. The van der Waals surface area contributed by atoms with Crippen molar-refractivity contribution in [3.63, 3.8) is 0 Å². The van der Waals surface area contributed by atoms with Crippen LogP contribution >= 0.6 is 0 Å². The fourth-order valence-corrected chi connectivity index (χ4v) is 8.69. The Hall–Kier alpha value is -2.12. The molecule has 4 atom stereocenters. The van der Waals surface area contributed by atoms with Crippen molar-refractivity contribution in [3.05, 3.63) is 71.8 Å². The van der Waals surface area contributed by atoms with Crippen LogP contribution in [0.3, 0.4) is 0 Å². The van der Waals surface area contributed by atoms with Gasteiger partial charge in [-0.1, -0.05) is 90.1 Å². The third-order valence-electron chi connectivity index (χ3n) is 10.8. The topological polar surface area (TPSA) is 46.2 Å². The van der Waals surface area contributed by atoms with Gasteiger partial charge in [0, 0.05) is 12.7 Å². The molecule has 0 aliphatic heterocycles. The van der Waals surface area contributed by atoms with Gasteiger partial charge in [-0.2, -0.15) is 0 Å². The van der Waals surface area contributed by atoms with E-state index in [-0.39, 0.29) is 35.6 Å². The van der Waals surface area contributed by atoms with E-state index < -0.39 is 8.32 Å². The van der Waals surface area contributed by atoms with Crippen LogP contribution in [0.1, 0.15) is 78.4 Å². The highest BCUT2D eigenvalue weighted by atomic mass is 28.4. The molecular formula is C37H56O5Si. The van der Waals surface area contributed by atoms with Gasteiger partial charge in [-0.15, -0.1) is 0 Å². The van der Waals surface area contributed by atoms with Crippen molar-refractivity contribution in [1.29, 1.82) is 0 Å². The minimum atomic E-state index is -1.87. The van der Waals surface area contributed by atoms with Gasteiger partial charge in [-0.05, 0) is 90.6 Å². The quantitative estimate of drug-likeness (QED) is 0.104. The Labute approximate surface area is 262 Å². The van der Waals surface area contributed by atoms with Gasteiger partial charge in [-0.3, -0.25) is 0 Å². The maximum atomic E-state index is 7.11. The predicted octanol–water partition coefficient (Wildman–Crippen LogP) is 9.56. The van der Waals surface area contributed by atoms with Crippen LogP contribution in [0.4, 0.5) is 0 Å². The first-order chi connectivity index (χ1) is 20.2. The molecule has 2 saturated carbocycles. The van der Waals surface area contributed by atoms with Crippen LogP contribution in [-0.4, -0.2) is 35.1 Å². The monoisotopic (exact) mass is 608 g/mol. The van der Waals surface area contributed by atoms with E-state index in [0.29, 0.717) is 18.4 Å². The highest BCUT2D eigenvalue weighted by Gasteiger charge is 2.56. The van der Waals surface area contributed by atoms with Gasteiger partial charge in [-0.25, -0.2) is 0 Å². The van der Waals surface area contributed by atoms with Crippen molar-refractivity contribution in [2.24, 2.45) is 22.7 Å². The second kappa shape index (κ2) is 13.5. The molecule has 0 radical (unpaired) electrons. The molecule has 2 aliphatic rings. The van der Waals surface area contributed by atoms with Crippen molar-refractivity contribution in [2.45, 2.75) is 104 Å². The van der Waals surface area contributed by atoms with E-state index in [1.54, 1.807) is 7.11 Å². The van der Waals surface area contributed by atoms with Crippen molar-refractivity contribution in [3.8, 4) is 11.5 Å². The number of allylic oxidation sites excluding steroid dienone is 1. The summed E-state index contributed by atoms with van der Waals surface area (Å²) in [7, 11) is -0.224. The van der Waals surface area contributed by atoms with Crippen LogP contribution < -0.4 is 9.47 Å². The van der Waals surface area contributed by atoms with Crippen LogP contribution in [0.15, 0.2) is 60.7 Å². The SMILES string of the molecule is C=C1C[C@H]2C(C)(C)[C@@H](O[Si](C)(C)C(C)(C)C)CC[C@]2(C)C[C@H]1Cc1c(OCOC)cccc1OCOCc1ccccc1. The summed E-state index contributed by atoms with van der Waals surface area (Å²) in [4.78, 5) is 0. The van der Waals surface area contributed by atoms with Crippen molar-refractivity contribution < 1.29 is 23.4 Å². The summed E-state index contributed by atoms with van der Waals surface area (Å²) in [5.74, 6) is 2.48. The molecule has 6 heteroatoms. The number of fused-ring (bicyclic) bond motifs is 1. The van der Waals surface area contributed by atoms with Gasteiger partial charge in [0.25, 0.3) is 0 Å². The van der Waals surface area contributed by atoms with Crippen LogP contribution in [0.2, 0.25) is 18.1 Å². The number of hydrogen-bond donors (Lipinski definition) is 0.